The summed E-state index contributed by atoms with van der Waals surface area (Å²) < 4.78 is 38.9. The normalized spacial score (nSPS) is 15.5. The van der Waals surface area contributed by atoms with Crippen LogP contribution >= 0.6 is 0 Å². The number of hydrogen-bond donors (Lipinski definition) is 3. The Balaban J connectivity index is 0.000000277. The Morgan fingerprint density at radius 3 is 2.44 bits per heavy atom. The Hall–Kier alpha value is -2.49. The zero-order chi connectivity index (χ0) is 18.6. The lowest BCUT2D eigenvalue weighted by Gasteiger charge is -2.23. The molecule has 0 saturated carbocycles. The second-order valence-electron chi connectivity index (χ2n) is 5.44. The van der Waals surface area contributed by atoms with Crippen molar-refractivity contribution in [3.05, 3.63) is 28.7 Å². The van der Waals surface area contributed by atoms with Crippen LogP contribution in [0.2, 0.25) is 0 Å². The molecule has 1 aromatic carbocycles. The minimum atomic E-state index is -5.08. The molecule has 1 aliphatic heterocycles. The summed E-state index contributed by atoms with van der Waals surface area (Å²) in [5, 5.41) is 10.4. The Kier molecular flexibility index (Phi) is 5.73. The third-order valence-electron chi connectivity index (χ3n) is 3.85. The van der Waals surface area contributed by atoms with Crippen molar-refractivity contribution in [2.24, 2.45) is 0 Å². The van der Waals surface area contributed by atoms with Crippen molar-refractivity contribution in [2.45, 2.75) is 25.1 Å². The van der Waals surface area contributed by atoms with Gasteiger partial charge in [0.05, 0.1) is 12.6 Å². The first-order valence-electron chi connectivity index (χ1n) is 7.53. The average molecular weight is 361 g/mol. The molecule has 0 atom stereocenters. The molecule has 1 saturated heterocycles. The van der Waals surface area contributed by atoms with Crippen LogP contribution in [0.4, 0.5) is 13.2 Å². The Morgan fingerprint density at radius 2 is 1.92 bits per heavy atom. The standard InChI is InChI=1S/C13H17N3O2.C2HF3O2/c1-18-11-4-2-3-10-12(11)15-13(17)16(10)9-5-7-14-8-6-9;3-2(4,5)1(6)7/h2-4,9,14H,5-8H2,1H3,(H,15,17);(H,6,7). The van der Waals surface area contributed by atoms with Crippen molar-refractivity contribution in [3.63, 3.8) is 0 Å². The van der Waals surface area contributed by atoms with E-state index in [1.54, 1.807) is 7.11 Å². The summed E-state index contributed by atoms with van der Waals surface area (Å²) in [6.07, 6.45) is -3.10. The largest absolute Gasteiger partial charge is 0.494 e. The lowest BCUT2D eigenvalue weighted by molar-refractivity contribution is -0.192. The number of aliphatic carboxylic acids is 1. The Morgan fingerprint density at radius 1 is 1.32 bits per heavy atom. The molecule has 2 aromatic rings. The molecule has 0 unspecified atom stereocenters. The number of para-hydroxylation sites is 1. The highest BCUT2D eigenvalue weighted by Crippen LogP contribution is 2.26. The summed E-state index contributed by atoms with van der Waals surface area (Å²) in [5.41, 5.74) is 1.69. The fraction of sp³-hybridized carbons (Fsp3) is 0.467. The van der Waals surface area contributed by atoms with E-state index >= 15 is 0 Å². The number of fused-ring (bicyclic) bond motifs is 1. The predicted molar refractivity (Wildman–Crippen MR) is 83.9 cm³/mol. The van der Waals surface area contributed by atoms with Crippen LogP contribution in [0.25, 0.3) is 11.0 Å². The fourth-order valence-corrected chi connectivity index (χ4v) is 2.72. The molecule has 10 heteroatoms. The van der Waals surface area contributed by atoms with Gasteiger partial charge in [0.15, 0.2) is 0 Å². The number of piperidine rings is 1. The first kappa shape index (κ1) is 18.8. The number of aromatic amines is 1. The maximum Gasteiger partial charge on any atom is 0.490 e. The number of benzene rings is 1. The van der Waals surface area contributed by atoms with Gasteiger partial charge in [0, 0.05) is 6.04 Å². The number of imidazole rings is 1. The number of H-pyrrole nitrogens is 1. The molecule has 2 heterocycles. The summed E-state index contributed by atoms with van der Waals surface area (Å²) in [6.45, 7) is 1.93. The topological polar surface area (TPSA) is 96.4 Å². The number of alkyl halides is 3. The Labute approximate surface area is 140 Å². The smallest absolute Gasteiger partial charge is 0.490 e. The maximum atomic E-state index is 12.1. The molecule has 0 amide bonds. The summed E-state index contributed by atoms with van der Waals surface area (Å²) in [5.74, 6) is -2.04. The lowest BCUT2D eigenvalue weighted by atomic mass is 10.1. The van der Waals surface area contributed by atoms with Crippen LogP contribution in [0.15, 0.2) is 23.0 Å². The van der Waals surface area contributed by atoms with Gasteiger partial charge in [0.25, 0.3) is 0 Å². The number of ether oxygens (including phenoxy) is 1. The number of carboxylic acid groups (broad SMARTS) is 1. The molecule has 138 valence electrons. The predicted octanol–water partition coefficient (Wildman–Crippen LogP) is 1.90. The van der Waals surface area contributed by atoms with Gasteiger partial charge in [-0.25, -0.2) is 9.59 Å². The second kappa shape index (κ2) is 7.60. The van der Waals surface area contributed by atoms with Gasteiger partial charge in [0.1, 0.15) is 11.3 Å². The van der Waals surface area contributed by atoms with Crippen LogP contribution in [-0.2, 0) is 4.79 Å². The number of aromatic nitrogens is 2. The number of halogens is 3. The van der Waals surface area contributed by atoms with Gasteiger partial charge in [-0.15, -0.1) is 0 Å². The molecule has 1 aliphatic rings. The molecule has 25 heavy (non-hydrogen) atoms. The number of rotatable bonds is 2. The van der Waals surface area contributed by atoms with Crippen LogP contribution in [0, 0.1) is 0 Å². The van der Waals surface area contributed by atoms with E-state index in [-0.39, 0.29) is 11.7 Å². The van der Waals surface area contributed by atoms with Gasteiger partial charge in [-0.2, -0.15) is 13.2 Å². The minimum Gasteiger partial charge on any atom is -0.494 e. The van der Waals surface area contributed by atoms with Crippen molar-refractivity contribution < 1.29 is 27.8 Å². The minimum absolute atomic E-state index is 0.0404. The lowest BCUT2D eigenvalue weighted by Crippen LogP contribution is -2.33. The van der Waals surface area contributed by atoms with Crippen molar-refractivity contribution >= 4 is 17.0 Å². The third kappa shape index (κ3) is 4.32. The van der Waals surface area contributed by atoms with E-state index in [9.17, 15) is 18.0 Å². The van der Waals surface area contributed by atoms with Crippen molar-refractivity contribution in [1.29, 1.82) is 0 Å². The molecule has 1 aromatic heterocycles. The third-order valence-corrected chi connectivity index (χ3v) is 3.85. The van der Waals surface area contributed by atoms with E-state index in [1.807, 2.05) is 22.8 Å². The van der Waals surface area contributed by atoms with Crippen LogP contribution in [-0.4, -0.2) is 47.0 Å². The van der Waals surface area contributed by atoms with Crippen LogP contribution in [0.1, 0.15) is 18.9 Å². The number of carbonyl (C=O) groups is 1. The molecule has 0 spiro atoms. The van der Waals surface area contributed by atoms with Crippen LogP contribution < -0.4 is 15.7 Å². The summed E-state index contributed by atoms with van der Waals surface area (Å²) in [6, 6.07) is 6.04. The molecule has 0 bridgehead atoms. The first-order valence-corrected chi connectivity index (χ1v) is 7.53. The monoisotopic (exact) mass is 361 g/mol. The maximum absolute atomic E-state index is 12.1. The summed E-state index contributed by atoms with van der Waals surface area (Å²) in [7, 11) is 1.62. The molecule has 3 rings (SSSR count). The van der Waals surface area contributed by atoms with E-state index in [1.165, 1.54) is 0 Å². The van der Waals surface area contributed by atoms with E-state index < -0.39 is 12.1 Å². The van der Waals surface area contributed by atoms with E-state index in [4.69, 9.17) is 14.6 Å². The molecule has 3 N–H and O–H groups in total. The number of nitrogens with one attached hydrogen (secondary N) is 2. The molecule has 7 nitrogen and oxygen atoms in total. The zero-order valence-electron chi connectivity index (χ0n) is 13.4. The summed E-state index contributed by atoms with van der Waals surface area (Å²) in [4.78, 5) is 23.9. The second-order valence-corrected chi connectivity index (χ2v) is 5.44. The fourth-order valence-electron chi connectivity index (χ4n) is 2.72. The molecular formula is C15H18F3N3O4. The highest BCUT2D eigenvalue weighted by molar-refractivity contribution is 5.82. The van der Waals surface area contributed by atoms with Crippen molar-refractivity contribution in [1.82, 2.24) is 14.9 Å². The highest BCUT2D eigenvalue weighted by atomic mass is 19.4. The van der Waals surface area contributed by atoms with Gasteiger partial charge >= 0.3 is 17.8 Å². The molecule has 0 aliphatic carbocycles. The van der Waals surface area contributed by atoms with Crippen LogP contribution in [0.3, 0.4) is 0 Å². The molecular weight excluding hydrogens is 343 g/mol. The van der Waals surface area contributed by atoms with E-state index in [2.05, 4.69) is 10.3 Å². The number of nitrogens with zero attached hydrogens (tertiary/aromatic N) is 1. The molecule has 1 fully saturated rings. The van der Waals surface area contributed by atoms with Gasteiger partial charge in [0.2, 0.25) is 0 Å². The van der Waals surface area contributed by atoms with E-state index in [0.717, 1.165) is 42.7 Å². The quantitative estimate of drug-likeness (QED) is 0.759. The average Bonchev–Trinajstić information content (AvgIpc) is 2.91. The van der Waals surface area contributed by atoms with Crippen LogP contribution in [0.5, 0.6) is 5.75 Å². The number of methoxy groups -OCH3 is 1. The van der Waals surface area contributed by atoms with Gasteiger partial charge in [-0.05, 0) is 38.1 Å². The number of hydrogen-bond acceptors (Lipinski definition) is 4. The van der Waals surface area contributed by atoms with Gasteiger partial charge in [-0.1, -0.05) is 6.07 Å². The SMILES string of the molecule is COc1cccc2c1[nH]c(=O)n2C1CCNCC1.O=C(O)C(F)(F)F. The van der Waals surface area contributed by atoms with Crippen molar-refractivity contribution in [3.8, 4) is 5.75 Å². The number of carboxylic acids is 1. The van der Waals surface area contributed by atoms with E-state index in [0.29, 0.717) is 0 Å². The van der Waals surface area contributed by atoms with Crippen molar-refractivity contribution in [2.75, 3.05) is 20.2 Å². The first-order chi connectivity index (χ1) is 11.8. The Bertz CT molecular complexity index is 791. The van der Waals surface area contributed by atoms with Gasteiger partial charge in [-0.3, -0.25) is 4.57 Å². The molecule has 0 radical (unpaired) electrons. The summed E-state index contributed by atoms with van der Waals surface area (Å²) >= 11 is 0. The highest BCUT2D eigenvalue weighted by Gasteiger charge is 2.38. The van der Waals surface area contributed by atoms with Gasteiger partial charge < -0.3 is 20.1 Å². The zero-order valence-corrected chi connectivity index (χ0v) is 13.4.